The molecule has 3 heterocycles. The highest BCUT2D eigenvalue weighted by Crippen LogP contribution is 2.22. The molecule has 2 aromatic rings. The maximum atomic E-state index is 12.6. The number of morpholine rings is 1. The second kappa shape index (κ2) is 6.15. The Morgan fingerprint density at radius 1 is 1.41 bits per heavy atom. The second-order valence-corrected chi connectivity index (χ2v) is 5.24. The molecule has 22 heavy (non-hydrogen) atoms. The van der Waals surface area contributed by atoms with Gasteiger partial charge in [-0.15, -0.1) is 0 Å². The quantitative estimate of drug-likeness (QED) is 0.918. The zero-order chi connectivity index (χ0) is 15.5. The molecule has 0 saturated carbocycles. The third-order valence-electron chi connectivity index (χ3n) is 3.72. The summed E-state index contributed by atoms with van der Waals surface area (Å²) in [6.07, 6.45) is 5.17. The van der Waals surface area contributed by atoms with Crippen LogP contribution in [0.2, 0.25) is 0 Å². The van der Waals surface area contributed by atoms with E-state index in [1.165, 1.54) is 0 Å². The number of nitrogens with one attached hydrogen (secondary N) is 1. The first-order chi connectivity index (χ1) is 10.7. The average molecular weight is 301 g/mol. The number of carbonyl (C=O) groups is 1. The van der Waals surface area contributed by atoms with Crippen molar-refractivity contribution < 1.29 is 9.53 Å². The summed E-state index contributed by atoms with van der Waals surface area (Å²) >= 11 is 0. The van der Waals surface area contributed by atoms with Crippen molar-refractivity contribution in [3.05, 3.63) is 41.9 Å². The Labute approximate surface area is 128 Å². The molecule has 0 radical (unpaired) electrons. The molecule has 0 spiro atoms. The molecular weight excluding hydrogens is 282 g/mol. The maximum absolute atomic E-state index is 12.6. The van der Waals surface area contributed by atoms with Gasteiger partial charge in [0.25, 0.3) is 5.91 Å². The topological polar surface area (TPSA) is 72.3 Å². The smallest absolute Gasteiger partial charge is 0.255 e. The van der Waals surface area contributed by atoms with Crippen LogP contribution < -0.4 is 5.32 Å². The third kappa shape index (κ3) is 2.94. The number of amides is 1. The number of nitrogens with zero attached hydrogens (tertiary/aromatic N) is 4. The zero-order valence-electron chi connectivity index (χ0n) is 12.7. The van der Waals surface area contributed by atoms with Gasteiger partial charge in [0.2, 0.25) is 0 Å². The Bertz CT molecular complexity index is 652. The van der Waals surface area contributed by atoms with Crippen molar-refractivity contribution in [2.24, 2.45) is 7.05 Å². The van der Waals surface area contributed by atoms with Gasteiger partial charge in [0, 0.05) is 38.6 Å². The van der Waals surface area contributed by atoms with E-state index in [4.69, 9.17) is 4.74 Å². The number of pyridine rings is 1. The summed E-state index contributed by atoms with van der Waals surface area (Å²) in [5.74, 6) is 0.721. The second-order valence-electron chi connectivity index (χ2n) is 5.24. The van der Waals surface area contributed by atoms with Crippen LogP contribution in [0.5, 0.6) is 0 Å². The number of hydrogen-bond acceptors (Lipinski definition) is 5. The molecular formula is C15H19N5O2. The van der Waals surface area contributed by atoms with E-state index in [-0.39, 0.29) is 12.0 Å². The van der Waals surface area contributed by atoms with Crippen molar-refractivity contribution in [3.63, 3.8) is 0 Å². The predicted molar refractivity (Wildman–Crippen MR) is 81.6 cm³/mol. The van der Waals surface area contributed by atoms with Crippen LogP contribution in [-0.2, 0) is 11.8 Å². The number of ether oxygens (including phenoxy) is 1. The third-order valence-corrected chi connectivity index (χ3v) is 3.72. The lowest BCUT2D eigenvalue weighted by Gasteiger charge is -2.32. The van der Waals surface area contributed by atoms with Gasteiger partial charge in [0.1, 0.15) is 11.9 Å². The van der Waals surface area contributed by atoms with Crippen LogP contribution in [0.1, 0.15) is 22.0 Å². The minimum Gasteiger partial charge on any atom is -0.373 e. The highest BCUT2D eigenvalue weighted by molar-refractivity contribution is 5.94. The molecule has 1 unspecified atom stereocenters. The van der Waals surface area contributed by atoms with Gasteiger partial charge in [-0.05, 0) is 12.1 Å². The van der Waals surface area contributed by atoms with Crippen molar-refractivity contribution in [3.8, 4) is 0 Å². The number of carbonyl (C=O) groups excluding carboxylic acids is 1. The maximum Gasteiger partial charge on any atom is 0.255 e. The molecule has 1 aliphatic heterocycles. The van der Waals surface area contributed by atoms with Crippen LogP contribution in [-0.4, -0.2) is 52.3 Å². The van der Waals surface area contributed by atoms with E-state index in [1.807, 2.05) is 13.2 Å². The molecule has 116 valence electrons. The molecule has 0 aliphatic carbocycles. The summed E-state index contributed by atoms with van der Waals surface area (Å²) in [7, 11) is 3.66. The normalized spacial score (nSPS) is 18.3. The highest BCUT2D eigenvalue weighted by atomic mass is 16.5. The minimum absolute atomic E-state index is 0.0210. The van der Waals surface area contributed by atoms with Crippen LogP contribution in [0.25, 0.3) is 0 Å². The van der Waals surface area contributed by atoms with Crippen molar-refractivity contribution in [2.75, 3.05) is 32.1 Å². The van der Waals surface area contributed by atoms with Crippen molar-refractivity contribution >= 4 is 11.7 Å². The first-order valence-corrected chi connectivity index (χ1v) is 7.20. The molecule has 2 aromatic heterocycles. The van der Waals surface area contributed by atoms with Gasteiger partial charge in [-0.2, -0.15) is 5.10 Å². The predicted octanol–water partition coefficient (Wildman–Crippen LogP) is 1.07. The van der Waals surface area contributed by atoms with E-state index in [1.54, 1.807) is 41.2 Å². The zero-order valence-corrected chi connectivity index (χ0v) is 12.7. The molecule has 0 aromatic carbocycles. The monoisotopic (exact) mass is 301 g/mol. The SMILES string of the molecule is CNc1ccc(C(=O)N2CCOC(c3cnn(C)c3)C2)cn1. The number of anilines is 1. The molecule has 7 heteroatoms. The molecule has 1 amide bonds. The Morgan fingerprint density at radius 2 is 2.27 bits per heavy atom. The van der Waals surface area contributed by atoms with Crippen LogP contribution in [0.3, 0.4) is 0 Å². The fourth-order valence-electron chi connectivity index (χ4n) is 2.49. The van der Waals surface area contributed by atoms with Gasteiger partial charge >= 0.3 is 0 Å². The van der Waals surface area contributed by atoms with Crippen molar-refractivity contribution in [1.82, 2.24) is 19.7 Å². The molecule has 1 aliphatic rings. The molecule has 7 nitrogen and oxygen atoms in total. The lowest BCUT2D eigenvalue weighted by molar-refractivity contribution is -0.0228. The van der Waals surface area contributed by atoms with Crippen LogP contribution in [0, 0.1) is 0 Å². The Kier molecular flexibility index (Phi) is 4.06. The van der Waals surface area contributed by atoms with Gasteiger partial charge in [0.05, 0.1) is 24.9 Å². The van der Waals surface area contributed by atoms with E-state index in [0.29, 0.717) is 25.3 Å². The largest absolute Gasteiger partial charge is 0.373 e. The molecule has 1 saturated heterocycles. The van der Waals surface area contributed by atoms with Gasteiger partial charge in [-0.1, -0.05) is 0 Å². The lowest BCUT2D eigenvalue weighted by Crippen LogP contribution is -2.42. The van der Waals surface area contributed by atoms with E-state index >= 15 is 0 Å². The molecule has 0 bridgehead atoms. The fraction of sp³-hybridized carbons (Fsp3) is 0.400. The van der Waals surface area contributed by atoms with Crippen LogP contribution in [0.15, 0.2) is 30.7 Å². The van der Waals surface area contributed by atoms with E-state index in [2.05, 4.69) is 15.4 Å². The highest BCUT2D eigenvalue weighted by Gasteiger charge is 2.27. The first-order valence-electron chi connectivity index (χ1n) is 7.20. The Hall–Kier alpha value is -2.41. The van der Waals surface area contributed by atoms with Gasteiger partial charge in [0.15, 0.2) is 0 Å². The summed E-state index contributed by atoms with van der Waals surface area (Å²) in [6, 6.07) is 3.59. The summed E-state index contributed by atoms with van der Waals surface area (Å²) < 4.78 is 7.49. The summed E-state index contributed by atoms with van der Waals surface area (Å²) in [6.45, 7) is 1.63. The van der Waals surface area contributed by atoms with Crippen LogP contribution >= 0.6 is 0 Å². The minimum atomic E-state index is -0.129. The lowest BCUT2D eigenvalue weighted by atomic mass is 10.1. The molecule has 3 rings (SSSR count). The average Bonchev–Trinajstić information content (AvgIpc) is 3.01. The van der Waals surface area contributed by atoms with E-state index < -0.39 is 0 Å². The van der Waals surface area contributed by atoms with E-state index in [0.717, 1.165) is 11.4 Å². The molecule has 1 fully saturated rings. The number of aryl methyl sites for hydroxylation is 1. The molecule has 1 atom stereocenters. The van der Waals surface area contributed by atoms with Crippen LogP contribution in [0.4, 0.5) is 5.82 Å². The number of aromatic nitrogens is 3. The summed E-state index contributed by atoms with van der Waals surface area (Å²) in [4.78, 5) is 18.6. The summed E-state index contributed by atoms with van der Waals surface area (Å²) in [5, 5.41) is 7.09. The Balaban J connectivity index is 1.71. The fourth-order valence-corrected chi connectivity index (χ4v) is 2.49. The number of hydrogen-bond donors (Lipinski definition) is 1. The summed E-state index contributed by atoms with van der Waals surface area (Å²) in [5.41, 5.74) is 1.58. The standard InChI is InChI=1S/C15H19N5O2/c1-16-14-4-3-11(7-17-14)15(21)20-5-6-22-13(10-20)12-8-18-19(2)9-12/h3-4,7-9,13H,5-6,10H2,1-2H3,(H,16,17). The van der Waals surface area contributed by atoms with E-state index in [9.17, 15) is 4.79 Å². The van der Waals surface area contributed by atoms with Gasteiger partial charge in [-0.25, -0.2) is 4.98 Å². The van der Waals surface area contributed by atoms with Gasteiger partial charge < -0.3 is 15.0 Å². The Morgan fingerprint density at radius 3 is 2.91 bits per heavy atom. The van der Waals surface area contributed by atoms with Crippen molar-refractivity contribution in [1.29, 1.82) is 0 Å². The van der Waals surface area contributed by atoms with Crippen molar-refractivity contribution in [2.45, 2.75) is 6.10 Å². The number of rotatable bonds is 3. The molecule has 1 N–H and O–H groups in total. The first kappa shape index (κ1) is 14.5. The van der Waals surface area contributed by atoms with Gasteiger partial charge in [-0.3, -0.25) is 9.48 Å².